The molecule has 1 saturated carbocycles. The van der Waals surface area contributed by atoms with Crippen LogP contribution in [0.25, 0.3) is 0 Å². The summed E-state index contributed by atoms with van der Waals surface area (Å²) in [5.74, 6) is -1.90. The smallest absolute Gasteiger partial charge is 0.339 e. The van der Waals surface area contributed by atoms with Crippen molar-refractivity contribution in [2.45, 2.75) is 57.8 Å². The highest BCUT2D eigenvalue weighted by Crippen LogP contribution is 2.30. The van der Waals surface area contributed by atoms with Gasteiger partial charge in [0.2, 0.25) is 15.9 Å². The zero-order valence-corrected chi connectivity index (χ0v) is 21.6. The zero-order chi connectivity index (χ0) is 25.9. The molecule has 2 aromatic carbocycles. The molecule has 190 valence electrons. The minimum Gasteiger partial charge on any atom is -0.507 e. The number of hydrogen-bond acceptors (Lipinski definition) is 5. The molecule has 9 heteroatoms. The van der Waals surface area contributed by atoms with Crippen molar-refractivity contribution in [2.75, 3.05) is 25.0 Å². The number of benzene rings is 2. The van der Waals surface area contributed by atoms with Gasteiger partial charge >= 0.3 is 5.97 Å². The van der Waals surface area contributed by atoms with Crippen molar-refractivity contribution >= 4 is 27.6 Å². The van der Waals surface area contributed by atoms with Crippen molar-refractivity contribution in [3.8, 4) is 5.75 Å². The molecule has 0 spiro atoms. The Balaban J connectivity index is 1.91. The molecule has 0 radical (unpaired) electrons. The number of anilines is 1. The number of carbonyl (C=O) groups excluding carboxylic acids is 1. The average Bonchev–Trinajstić information content (AvgIpc) is 2.76. The number of carboxylic acid groups (broad SMARTS) is 1. The van der Waals surface area contributed by atoms with E-state index >= 15 is 0 Å². The van der Waals surface area contributed by atoms with E-state index in [-0.39, 0.29) is 22.9 Å². The number of carboxylic acids is 1. The van der Waals surface area contributed by atoms with Gasteiger partial charge < -0.3 is 15.1 Å². The van der Waals surface area contributed by atoms with Gasteiger partial charge in [0.1, 0.15) is 11.3 Å². The molecule has 0 saturated heterocycles. The molecule has 0 bridgehead atoms. The number of hydrogen-bond donors (Lipinski definition) is 2. The second-order valence-electron chi connectivity index (χ2n) is 9.50. The summed E-state index contributed by atoms with van der Waals surface area (Å²) in [6.45, 7) is 5.37. The number of aromatic carboxylic acids is 1. The summed E-state index contributed by atoms with van der Waals surface area (Å²) in [6, 6.07) is 7.60. The van der Waals surface area contributed by atoms with Crippen molar-refractivity contribution in [1.82, 2.24) is 4.31 Å². The lowest BCUT2D eigenvalue weighted by molar-refractivity contribution is -0.118. The fourth-order valence-electron chi connectivity index (χ4n) is 4.94. The quantitative estimate of drug-likeness (QED) is 0.558. The summed E-state index contributed by atoms with van der Waals surface area (Å²) in [6.07, 6.45) is 5.19. The lowest BCUT2D eigenvalue weighted by Crippen LogP contribution is -2.43. The van der Waals surface area contributed by atoms with Crippen LogP contribution in [0.4, 0.5) is 5.69 Å². The SMILES string of the molecule is Cc1cc(C)c(S(=O)(=O)N(C)CC(=O)N(CC2CCCCC2)c2ccc(C(=O)O)c(O)c2)c(C)c1. The molecule has 8 nitrogen and oxygen atoms in total. The molecule has 0 unspecified atom stereocenters. The molecule has 2 aromatic rings. The van der Waals surface area contributed by atoms with Gasteiger partial charge in [0.25, 0.3) is 0 Å². The van der Waals surface area contributed by atoms with Crippen LogP contribution in [-0.4, -0.2) is 54.9 Å². The average molecular weight is 503 g/mol. The highest BCUT2D eigenvalue weighted by Gasteiger charge is 2.30. The second-order valence-corrected chi connectivity index (χ2v) is 11.5. The summed E-state index contributed by atoms with van der Waals surface area (Å²) < 4.78 is 27.8. The normalized spacial score (nSPS) is 14.8. The molecule has 2 N–H and O–H groups in total. The number of aromatic hydroxyl groups is 1. The number of phenols is 1. The fourth-order valence-corrected chi connectivity index (χ4v) is 6.46. The van der Waals surface area contributed by atoms with Crippen LogP contribution >= 0.6 is 0 Å². The summed E-state index contributed by atoms with van der Waals surface area (Å²) in [4.78, 5) is 26.5. The Bertz CT molecular complexity index is 1200. The fraction of sp³-hybridized carbons (Fsp3) is 0.462. The minimum absolute atomic E-state index is 0.195. The Hall–Kier alpha value is -2.91. The van der Waals surface area contributed by atoms with Gasteiger partial charge in [0, 0.05) is 25.3 Å². The highest BCUT2D eigenvalue weighted by atomic mass is 32.2. The van der Waals surface area contributed by atoms with Gasteiger partial charge in [0.05, 0.1) is 11.4 Å². The Morgan fingerprint density at radius 2 is 1.60 bits per heavy atom. The van der Waals surface area contributed by atoms with Crippen molar-refractivity contribution in [3.63, 3.8) is 0 Å². The van der Waals surface area contributed by atoms with Crippen LogP contribution in [0.1, 0.15) is 59.2 Å². The van der Waals surface area contributed by atoms with E-state index in [1.165, 1.54) is 30.1 Å². The molecule has 1 aliphatic carbocycles. The zero-order valence-electron chi connectivity index (χ0n) is 20.7. The van der Waals surface area contributed by atoms with E-state index < -0.39 is 27.6 Å². The van der Waals surface area contributed by atoms with E-state index in [1.807, 2.05) is 6.92 Å². The number of rotatable bonds is 8. The molecule has 0 aromatic heterocycles. The summed E-state index contributed by atoms with van der Waals surface area (Å²) in [5.41, 5.74) is 2.28. The number of likely N-dealkylation sites (N-methyl/N-ethyl adjacent to an activating group) is 1. The third-order valence-corrected chi connectivity index (χ3v) is 8.73. The van der Waals surface area contributed by atoms with E-state index in [1.54, 1.807) is 26.0 Å². The van der Waals surface area contributed by atoms with Gasteiger partial charge in [-0.1, -0.05) is 37.0 Å². The van der Waals surface area contributed by atoms with Crippen molar-refractivity contribution < 1.29 is 28.2 Å². The van der Waals surface area contributed by atoms with Crippen LogP contribution in [-0.2, 0) is 14.8 Å². The molecule has 1 aliphatic rings. The lowest BCUT2D eigenvalue weighted by atomic mass is 9.89. The topological polar surface area (TPSA) is 115 Å². The molecule has 0 aliphatic heterocycles. The second kappa shape index (κ2) is 10.8. The number of aryl methyl sites for hydroxylation is 3. The number of amides is 1. The highest BCUT2D eigenvalue weighted by molar-refractivity contribution is 7.89. The molecular formula is C26H34N2O6S. The Labute approximate surface area is 207 Å². The van der Waals surface area contributed by atoms with Gasteiger partial charge in [-0.2, -0.15) is 4.31 Å². The van der Waals surface area contributed by atoms with Crippen molar-refractivity contribution in [2.24, 2.45) is 5.92 Å². The molecule has 35 heavy (non-hydrogen) atoms. The van der Waals surface area contributed by atoms with Crippen LogP contribution < -0.4 is 4.90 Å². The third-order valence-electron chi connectivity index (χ3n) is 6.62. The number of carbonyl (C=O) groups is 2. The van der Waals surface area contributed by atoms with E-state index in [2.05, 4.69) is 0 Å². The number of sulfonamides is 1. The van der Waals surface area contributed by atoms with Gasteiger partial charge in [-0.3, -0.25) is 4.79 Å². The van der Waals surface area contributed by atoms with E-state index in [0.29, 0.717) is 23.4 Å². The first-order valence-corrected chi connectivity index (χ1v) is 13.3. The Morgan fingerprint density at radius 1 is 1.00 bits per heavy atom. The van der Waals surface area contributed by atoms with Crippen LogP contribution in [0.2, 0.25) is 0 Å². The van der Waals surface area contributed by atoms with E-state index in [9.17, 15) is 28.2 Å². The maximum absolute atomic E-state index is 13.5. The summed E-state index contributed by atoms with van der Waals surface area (Å²) >= 11 is 0. The minimum atomic E-state index is -3.93. The first-order valence-electron chi connectivity index (χ1n) is 11.8. The van der Waals surface area contributed by atoms with Gasteiger partial charge in [-0.05, 0) is 62.8 Å². The molecule has 0 atom stereocenters. The first-order chi connectivity index (χ1) is 16.4. The Morgan fingerprint density at radius 3 is 2.14 bits per heavy atom. The third kappa shape index (κ3) is 6.02. The lowest BCUT2D eigenvalue weighted by Gasteiger charge is -2.31. The number of nitrogens with zero attached hydrogens (tertiary/aromatic N) is 2. The predicted octanol–water partition coefficient (Wildman–Crippen LogP) is 4.25. The Kier molecular flexibility index (Phi) is 8.22. The van der Waals surface area contributed by atoms with Crippen LogP contribution in [0.5, 0.6) is 5.75 Å². The van der Waals surface area contributed by atoms with E-state index in [0.717, 1.165) is 42.0 Å². The molecule has 1 fully saturated rings. The van der Waals surface area contributed by atoms with Crippen LogP contribution in [0, 0.1) is 26.7 Å². The van der Waals surface area contributed by atoms with Crippen molar-refractivity contribution in [1.29, 1.82) is 0 Å². The summed E-state index contributed by atoms with van der Waals surface area (Å²) in [5, 5.41) is 19.4. The van der Waals surface area contributed by atoms with Crippen molar-refractivity contribution in [3.05, 3.63) is 52.6 Å². The van der Waals surface area contributed by atoms with E-state index in [4.69, 9.17) is 0 Å². The van der Waals surface area contributed by atoms with Gasteiger partial charge in [-0.15, -0.1) is 0 Å². The maximum atomic E-state index is 13.5. The maximum Gasteiger partial charge on any atom is 0.339 e. The van der Waals surface area contributed by atoms with Gasteiger partial charge in [-0.25, -0.2) is 13.2 Å². The summed E-state index contributed by atoms with van der Waals surface area (Å²) in [7, 11) is -2.54. The molecule has 3 rings (SSSR count). The predicted molar refractivity (Wildman–Crippen MR) is 134 cm³/mol. The molecule has 1 amide bonds. The molecular weight excluding hydrogens is 468 g/mol. The first kappa shape index (κ1) is 26.7. The largest absolute Gasteiger partial charge is 0.507 e. The monoisotopic (exact) mass is 502 g/mol. The van der Waals surface area contributed by atoms with Gasteiger partial charge in [0.15, 0.2) is 0 Å². The van der Waals surface area contributed by atoms with Crippen LogP contribution in [0.3, 0.4) is 0 Å². The standard InChI is InChI=1S/C26H34N2O6S/c1-17-12-18(2)25(19(3)13-17)35(33,34)27(4)16-24(30)28(15-20-8-6-5-7-9-20)21-10-11-22(26(31)32)23(29)14-21/h10-14,20,29H,5-9,15-16H2,1-4H3,(H,31,32). The van der Waals surface area contributed by atoms with Crippen LogP contribution in [0.15, 0.2) is 35.2 Å². The molecule has 0 heterocycles.